The van der Waals surface area contributed by atoms with E-state index in [4.69, 9.17) is 19.3 Å². The van der Waals surface area contributed by atoms with Crippen LogP contribution < -0.4 is 26.5 Å². The van der Waals surface area contributed by atoms with Gasteiger partial charge in [-0.15, -0.1) is 0 Å². The molecule has 4 aliphatic rings. The number of aromatic nitrogens is 1. The first-order chi connectivity index (χ1) is 26.4. The Morgan fingerprint density at radius 3 is 2.34 bits per heavy atom. The van der Waals surface area contributed by atoms with Gasteiger partial charge in [0.15, 0.2) is 0 Å². The van der Waals surface area contributed by atoms with Gasteiger partial charge in [-0.3, -0.25) is 24.2 Å². The Bertz CT molecular complexity index is 2370. The SMILES string of the molecule is CN(C)c1ccc2c(CC(=O)NCCNC(=O)Cn3cc4c5c3C(=O)C3=C(C5=NCC4)C4(C=C(Br)C(=O)C(Br)=C4)CCN3)cc(=O)oc2c1.O=C(O)C(F)(F)F. The number of hydrogen-bond donors (Lipinski definition) is 4. The van der Waals surface area contributed by atoms with Crippen LogP contribution in [0.2, 0.25) is 0 Å². The van der Waals surface area contributed by atoms with Crippen molar-refractivity contribution in [1.29, 1.82) is 0 Å². The summed E-state index contributed by atoms with van der Waals surface area (Å²) in [6, 6.07) is 6.80. The van der Waals surface area contributed by atoms with E-state index in [1.165, 1.54) is 6.07 Å². The Morgan fingerprint density at radius 1 is 1.04 bits per heavy atom. The minimum Gasteiger partial charge on any atom is -0.475 e. The third kappa shape index (κ3) is 8.00. The zero-order valence-corrected chi connectivity index (χ0v) is 32.9. The van der Waals surface area contributed by atoms with Gasteiger partial charge in [-0.25, -0.2) is 9.59 Å². The summed E-state index contributed by atoms with van der Waals surface area (Å²) in [4.78, 5) is 80.4. The molecule has 0 bridgehead atoms. The standard InChI is InChI=1S/C35H32Br2N6O6.C2HF3O2/c1-42(2)20-3-4-21-19(12-27(46)49-24(21)13-20)11-25(44)38-9-10-39-26(45)17-43-16-18-5-7-40-30-28(18)32(43)34(48)31-29(30)35(6-8-41-31)14-22(36)33(47)23(37)15-35;3-2(4,5)1(6)7/h3-4,12-16,41H,5-11,17H2,1-2H3,(H,38,44)(H,39,45);(H,6,7). The number of aliphatic carboxylic acids is 1. The molecule has 3 aromatic rings. The van der Waals surface area contributed by atoms with Crippen LogP contribution in [0.1, 0.15) is 33.6 Å². The summed E-state index contributed by atoms with van der Waals surface area (Å²) in [6.45, 7) is 1.31. The Labute approximate surface area is 332 Å². The van der Waals surface area contributed by atoms with Crippen molar-refractivity contribution in [3.63, 3.8) is 0 Å². The van der Waals surface area contributed by atoms with Gasteiger partial charge in [-0.2, -0.15) is 13.2 Å². The molecule has 4 N–H and O–H groups in total. The molecule has 0 atom stereocenters. The van der Waals surface area contributed by atoms with Gasteiger partial charge < -0.3 is 34.9 Å². The van der Waals surface area contributed by atoms with Crippen molar-refractivity contribution in [2.45, 2.75) is 32.0 Å². The van der Waals surface area contributed by atoms with Crippen molar-refractivity contribution in [3.8, 4) is 0 Å². The zero-order chi connectivity index (χ0) is 40.7. The zero-order valence-electron chi connectivity index (χ0n) is 29.7. The van der Waals surface area contributed by atoms with E-state index in [-0.39, 0.29) is 49.4 Å². The highest BCUT2D eigenvalue weighted by molar-refractivity contribution is 9.13. The van der Waals surface area contributed by atoms with Crippen LogP contribution >= 0.6 is 31.9 Å². The maximum Gasteiger partial charge on any atom is 0.490 e. The Balaban J connectivity index is 0.000000695. The number of anilines is 1. The predicted molar refractivity (Wildman–Crippen MR) is 205 cm³/mol. The summed E-state index contributed by atoms with van der Waals surface area (Å²) in [5.74, 6) is -3.75. The fourth-order valence-electron chi connectivity index (χ4n) is 7.02. The van der Waals surface area contributed by atoms with Crippen LogP contribution in [0.25, 0.3) is 11.0 Å². The Kier molecular flexibility index (Phi) is 11.3. The van der Waals surface area contributed by atoms with Crippen molar-refractivity contribution >= 4 is 83.6 Å². The normalized spacial score (nSPS) is 16.7. The van der Waals surface area contributed by atoms with Crippen LogP contribution in [-0.2, 0) is 38.6 Å². The first kappa shape index (κ1) is 40.4. The van der Waals surface area contributed by atoms with E-state index >= 15 is 0 Å². The average molecular weight is 907 g/mol. The van der Waals surface area contributed by atoms with Crippen LogP contribution in [0.15, 0.2) is 77.1 Å². The molecule has 7 rings (SSSR count). The molecule has 1 aromatic carbocycles. The number of alkyl halides is 3. The molecule has 294 valence electrons. The third-order valence-electron chi connectivity index (χ3n) is 9.49. The maximum absolute atomic E-state index is 14.1. The molecule has 0 radical (unpaired) electrons. The van der Waals surface area contributed by atoms with E-state index in [0.29, 0.717) is 68.5 Å². The molecule has 4 heterocycles. The molecule has 2 amide bonds. The molecular weight excluding hydrogens is 873 g/mol. The lowest BCUT2D eigenvalue weighted by molar-refractivity contribution is -0.192. The van der Waals surface area contributed by atoms with Gasteiger partial charge in [0.2, 0.25) is 23.4 Å². The van der Waals surface area contributed by atoms with Crippen LogP contribution in [0.4, 0.5) is 18.9 Å². The minimum atomic E-state index is -5.08. The number of aliphatic imine (C=N–C) groups is 1. The molecule has 0 saturated carbocycles. The largest absolute Gasteiger partial charge is 0.490 e. The van der Waals surface area contributed by atoms with Gasteiger partial charge in [0.1, 0.15) is 17.8 Å². The Morgan fingerprint density at radius 2 is 1.70 bits per heavy atom. The second-order valence-corrected chi connectivity index (χ2v) is 15.1. The molecule has 2 aliphatic heterocycles. The van der Waals surface area contributed by atoms with E-state index in [2.05, 4.69) is 47.8 Å². The third-order valence-corrected chi connectivity index (χ3v) is 10.7. The number of ketones is 2. The number of nitrogens with one attached hydrogen (secondary N) is 3. The number of fused-ring (bicyclic) bond motifs is 3. The summed E-state index contributed by atoms with van der Waals surface area (Å²) >= 11 is 6.84. The number of carboxylic acids is 1. The van der Waals surface area contributed by atoms with Crippen LogP contribution in [-0.4, -0.2) is 91.2 Å². The molecule has 1 spiro atoms. The first-order valence-corrected chi connectivity index (χ1v) is 18.7. The predicted octanol–water partition coefficient (Wildman–Crippen LogP) is 3.68. The van der Waals surface area contributed by atoms with Gasteiger partial charge in [-0.1, -0.05) is 12.2 Å². The number of nitrogens with zero attached hydrogens (tertiary/aromatic N) is 3. The van der Waals surface area contributed by atoms with Gasteiger partial charge in [0, 0.05) is 86.2 Å². The number of benzene rings is 1. The summed E-state index contributed by atoms with van der Waals surface area (Å²) in [5, 5.41) is 16.7. The number of carbonyl (C=O) groups excluding carboxylic acids is 4. The second kappa shape index (κ2) is 15.7. The van der Waals surface area contributed by atoms with E-state index in [1.807, 2.05) is 49.5 Å². The highest BCUT2D eigenvalue weighted by Gasteiger charge is 2.48. The fraction of sp³-hybridized carbons (Fsp3) is 0.324. The lowest BCUT2D eigenvalue weighted by Gasteiger charge is -2.41. The lowest BCUT2D eigenvalue weighted by atomic mass is 9.66. The molecule has 19 heteroatoms. The summed E-state index contributed by atoms with van der Waals surface area (Å²) < 4.78 is 39.6. The second-order valence-electron chi connectivity index (χ2n) is 13.4. The molecular formula is C37H33Br2F3N6O8. The number of carbonyl (C=O) groups is 5. The number of amides is 2. The average Bonchev–Trinajstić information content (AvgIpc) is 3.49. The molecule has 56 heavy (non-hydrogen) atoms. The monoisotopic (exact) mass is 904 g/mol. The van der Waals surface area contributed by atoms with Crippen molar-refractivity contribution in [2.75, 3.05) is 45.2 Å². The molecule has 2 aromatic heterocycles. The smallest absolute Gasteiger partial charge is 0.475 e. The number of allylic oxidation sites excluding steroid dienone is 6. The number of Topliss-reactive ketones (excluding diaryl/α,β-unsaturated/α-hetero) is 2. The van der Waals surface area contributed by atoms with Crippen LogP contribution in [0, 0.1) is 5.41 Å². The number of halogens is 5. The van der Waals surface area contributed by atoms with E-state index in [9.17, 15) is 37.1 Å². The highest BCUT2D eigenvalue weighted by atomic mass is 79.9. The fourth-order valence-corrected chi connectivity index (χ4v) is 8.53. The van der Waals surface area contributed by atoms with Crippen molar-refractivity contribution in [1.82, 2.24) is 20.5 Å². The number of rotatable bonds is 8. The van der Waals surface area contributed by atoms with Crippen molar-refractivity contribution in [3.05, 3.63) is 95.7 Å². The molecule has 0 unspecified atom stereocenters. The van der Waals surface area contributed by atoms with E-state index in [0.717, 1.165) is 22.4 Å². The maximum atomic E-state index is 14.1. The molecule has 0 fully saturated rings. The Hall–Kier alpha value is -5.30. The summed E-state index contributed by atoms with van der Waals surface area (Å²) in [5.41, 5.74) is 4.58. The van der Waals surface area contributed by atoms with Crippen LogP contribution in [0.5, 0.6) is 0 Å². The topological polar surface area (TPSA) is 192 Å². The lowest BCUT2D eigenvalue weighted by Crippen LogP contribution is -2.45. The summed E-state index contributed by atoms with van der Waals surface area (Å²) in [7, 11) is 3.77. The van der Waals surface area contributed by atoms with Gasteiger partial charge in [0.25, 0.3) is 0 Å². The van der Waals surface area contributed by atoms with Crippen molar-refractivity contribution in [2.24, 2.45) is 10.4 Å². The van der Waals surface area contributed by atoms with Crippen LogP contribution in [0.3, 0.4) is 0 Å². The van der Waals surface area contributed by atoms with Crippen molar-refractivity contribution < 1.29 is 46.7 Å². The van der Waals surface area contributed by atoms with E-state index in [1.54, 1.807) is 10.6 Å². The quantitative estimate of drug-likeness (QED) is 0.192. The molecule has 14 nitrogen and oxygen atoms in total. The molecule has 2 aliphatic carbocycles. The summed E-state index contributed by atoms with van der Waals surface area (Å²) in [6.07, 6.45) is 1.76. The van der Waals surface area contributed by atoms with E-state index < -0.39 is 23.2 Å². The van der Waals surface area contributed by atoms with Gasteiger partial charge in [-0.05, 0) is 68.0 Å². The highest BCUT2D eigenvalue weighted by Crippen LogP contribution is 2.50. The van der Waals surface area contributed by atoms with Gasteiger partial charge in [0.05, 0.1) is 26.8 Å². The molecule has 0 saturated heterocycles. The number of hydrogen-bond acceptors (Lipinski definition) is 10. The first-order valence-electron chi connectivity index (χ1n) is 17.1. The van der Waals surface area contributed by atoms with Gasteiger partial charge >= 0.3 is 17.8 Å². The minimum absolute atomic E-state index is 0.0232. The number of carboxylic acid groups (broad SMARTS) is 1.